The first-order valence-electron chi connectivity index (χ1n) is 11.8. The first-order valence-corrected chi connectivity index (χ1v) is 12.6. The Kier molecular flexibility index (Phi) is 6.26. The number of aromatic nitrogens is 2. The van der Waals surface area contributed by atoms with E-state index in [2.05, 4.69) is 56.9 Å². The van der Waals surface area contributed by atoms with Crippen LogP contribution in [-0.2, 0) is 16.2 Å². The number of benzene rings is 2. The third-order valence-corrected chi connectivity index (χ3v) is 7.32. The molecule has 0 amide bonds. The van der Waals surface area contributed by atoms with E-state index in [9.17, 15) is 0 Å². The van der Waals surface area contributed by atoms with Crippen LogP contribution in [0.4, 0.5) is 17.3 Å². The van der Waals surface area contributed by atoms with E-state index in [4.69, 9.17) is 14.6 Å². The molecule has 2 aromatic carbocycles. The van der Waals surface area contributed by atoms with Gasteiger partial charge < -0.3 is 20.3 Å². The number of hydroxylamine groups is 2. The molecule has 2 fully saturated rings. The third kappa shape index (κ3) is 4.70. The van der Waals surface area contributed by atoms with Crippen molar-refractivity contribution in [1.82, 2.24) is 20.3 Å². The minimum Gasteiger partial charge on any atom is -0.378 e. The largest absolute Gasteiger partial charge is 0.378 e. The van der Waals surface area contributed by atoms with Gasteiger partial charge in [0.15, 0.2) is 0 Å². The van der Waals surface area contributed by atoms with Gasteiger partial charge in [-0.05, 0) is 36.4 Å². The highest BCUT2D eigenvalue weighted by Crippen LogP contribution is 2.32. The lowest BCUT2D eigenvalue weighted by molar-refractivity contribution is -0.173. The molecular weight excluding hydrogens is 448 g/mol. The first kappa shape index (κ1) is 21.7. The molecule has 0 atom stereocenters. The molecule has 6 rings (SSSR count). The molecule has 4 aromatic rings. The van der Waals surface area contributed by atoms with E-state index in [1.807, 2.05) is 17.3 Å². The highest BCUT2D eigenvalue weighted by atomic mass is 32.1. The standard InChI is InChI=1S/C25H28N6O2S/c1-2-19(14-20(3-1)30-10-12-32-13-11-30)28-25-27-16-18-4-5-23-22(24(18)29-25)15-21(34-23)17-33-31-8-6-26-7-9-31/h1-5,14-16,26H,6-13,17H2,(H,27,28,29). The Bertz CT molecular complexity index is 1280. The Morgan fingerprint density at radius 1 is 1.06 bits per heavy atom. The smallest absolute Gasteiger partial charge is 0.227 e. The Morgan fingerprint density at radius 2 is 1.94 bits per heavy atom. The maximum Gasteiger partial charge on any atom is 0.227 e. The monoisotopic (exact) mass is 476 g/mol. The number of nitrogens with one attached hydrogen (secondary N) is 2. The molecule has 0 aliphatic carbocycles. The Morgan fingerprint density at radius 3 is 2.82 bits per heavy atom. The van der Waals surface area contributed by atoms with E-state index >= 15 is 0 Å². The zero-order chi connectivity index (χ0) is 22.7. The summed E-state index contributed by atoms with van der Waals surface area (Å²) in [5, 5.41) is 11.0. The van der Waals surface area contributed by atoms with Gasteiger partial charge in [0.25, 0.3) is 0 Å². The number of hydrogen-bond donors (Lipinski definition) is 2. The van der Waals surface area contributed by atoms with Gasteiger partial charge in [0.1, 0.15) is 6.61 Å². The van der Waals surface area contributed by atoms with E-state index in [0.717, 1.165) is 74.5 Å². The summed E-state index contributed by atoms with van der Waals surface area (Å²) in [7, 11) is 0. The van der Waals surface area contributed by atoms with Crippen LogP contribution in [-0.4, -0.2) is 67.5 Å². The molecule has 2 aliphatic rings. The van der Waals surface area contributed by atoms with Crippen molar-refractivity contribution in [1.29, 1.82) is 0 Å². The molecule has 2 saturated heterocycles. The van der Waals surface area contributed by atoms with Gasteiger partial charge in [0.2, 0.25) is 5.95 Å². The summed E-state index contributed by atoms with van der Waals surface area (Å²) in [6.07, 6.45) is 1.89. The number of fused-ring (bicyclic) bond motifs is 3. The van der Waals surface area contributed by atoms with E-state index in [1.54, 1.807) is 11.3 Å². The van der Waals surface area contributed by atoms with E-state index in [-0.39, 0.29) is 0 Å². The second-order valence-corrected chi connectivity index (χ2v) is 9.72. The van der Waals surface area contributed by atoms with E-state index in [1.165, 1.54) is 15.3 Å². The summed E-state index contributed by atoms with van der Waals surface area (Å²) >= 11 is 1.76. The molecule has 9 heteroatoms. The summed E-state index contributed by atoms with van der Waals surface area (Å²) in [6, 6.07) is 14.9. The summed E-state index contributed by atoms with van der Waals surface area (Å²) in [5.74, 6) is 0.601. The number of rotatable bonds is 6. The average molecular weight is 477 g/mol. The normalized spacial score (nSPS) is 17.5. The number of ether oxygens (including phenoxy) is 1. The molecule has 176 valence electrons. The predicted octanol–water partition coefficient (Wildman–Crippen LogP) is 3.76. The van der Waals surface area contributed by atoms with Crippen molar-refractivity contribution >= 4 is 49.6 Å². The highest BCUT2D eigenvalue weighted by Gasteiger charge is 2.14. The fourth-order valence-electron chi connectivity index (χ4n) is 4.45. The van der Waals surface area contributed by atoms with Crippen LogP contribution in [0, 0.1) is 0 Å². The second-order valence-electron chi connectivity index (χ2n) is 8.55. The molecule has 2 N–H and O–H groups in total. The van der Waals surface area contributed by atoms with Crippen molar-refractivity contribution in [3.63, 3.8) is 0 Å². The van der Waals surface area contributed by atoms with E-state index in [0.29, 0.717) is 12.6 Å². The summed E-state index contributed by atoms with van der Waals surface area (Å²) < 4.78 is 6.70. The van der Waals surface area contributed by atoms with Crippen LogP contribution in [0.5, 0.6) is 0 Å². The Hall–Kier alpha value is -2.82. The van der Waals surface area contributed by atoms with Gasteiger partial charge in [-0.2, -0.15) is 5.06 Å². The first-order chi connectivity index (χ1) is 16.8. The van der Waals surface area contributed by atoms with Crippen LogP contribution in [0.25, 0.3) is 21.0 Å². The van der Waals surface area contributed by atoms with Crippen LogP contribution < -0.4 is 15.5 Å². The fraction of sp³-hybridized carbons (Fsp3) is 0.360. The molecule has 34 heavy (non-hydrogen) atoms. The van der Waals surface area contributed by atoms with Crippen molar-refractivity contribution in [2.75, 3.05) is 62.7 Å². The molecule has 0 unspecified atom stereocenters. The van der Waals surface area contributed by atoms with Crippen molar-refractivity contribution < 1.29 is 9.57 Å². The lowest BCUT2D eigenvalue weighted by Gasteiger charge is -2.29. The topological polar surface area (TPSA) is 74.8 Å². The van der Waals surface area contributed by atoms with Gasteiger partial charge >= 0.3 is 0 Å². The summed E-state index contributed by atoms with van der Waals surface area (Å²) in [6.45, 7) is 7.73. The van der Waals surface area contributed by atoms with Gasteiger partial charge in [0, 0.05) is 77.2 Å². The van der Waals surface area contributed by atoms with E-state index < -0.39 is 0 Å². The predicted molar refractivity (Wildman–Crippen MR) is 137 cm³/mol. The molecule has 0 saturated carbocycles. The summed E-state index contributed by atoms with van der Waals surface area (Å²) in [5.41, 5.74) is 3.12. The maximum absolute atomic E-state index is 6.02. The van der Waals surface area contributed by atoms with Crippen LogP contribution in [0.3, 0.4) is 0 Å². The second kappa shape index (κ2) is 9.81. The van der Waals surface area contributed by atoms with Crippen LogP contribution in [0.2, 0.25) is 0 Å². The SMILES string of the molecule is c1cc(Nc2ncc3ccc4sc(CON5CCNCC5)cc4c3n2)cc(N2CCOCC2)c1. The quantitative estimate of drug-likeness (QED) is 0.436. The molecule has 0 radical (unpaired) electrons. The van der Waals surface area contributed by atoms with Gasteiger partial charge in [-0.25, -0.2) is 9.97 Å². The van der Waals surface area contributed by atoms with Crippen molar-refractivity contribution in [2.24, 2.45) is 0 Å². The molecule has 2 aliphatic heterocycles. The van der Waals surface area contributed by atoms with Crippen molar-refractivity contribution in [2.45, 2.75) is 6.61 Å². The molecular formula is C25H28N6O2S. The van der Waals surface area contributed by atoms with Gasteiger partial charge in [0.05, 0.1) is 18.7 Å². The molecule has 8 nitrogen and oxygen atoms in total. The third-order valence-electron chi connectivity index (χ3n) is 6.24. The van der Waals surface area contributed by atoms with Gasteiger partial charge in [-0.1, -0.05) is 6.07 Å². The Labute approximate surface area is 202 Å². The van der Waals surface area contributed by atoms with Crippen molar-refractivity contribution in [3.8, 4) is 0 Å². The zero-order valence-electron chi connectivity index (χ0n) is 19.0. The lowest BCUT2D eigenvalue weighted by atomic mass is 10.2. The average Bonchev–Trinajstić information content (AvgIpc) is 3.33. The van der Waals surface area contributed by atoms with Crippen molar-refractivity contribution in [3.05, 3.63) is 53.5 Å². The van der Waals surface area contributed by atoms with Gasteiger partial charge in [-0.3, -0.25) is 4.84 Å². The van der Waals surface area contributed by atoms with Crippen LogP contribution in [0.1, 0.15) is 4.88 Å². The molecule has 0 bridgehead atoms. The number of morpholine rings is 1. The highest BCUT2D eigenvalue weighted by molar-refractivity contribution is 7.19. The minimum atomic E-state index is 0.589. The number of anilines is 3. The molecule has 2 aromatic heterocycles. The van der Waals surface area contributed by atoms with Gasteiger partial charge in [-0.15, -0.1) is 11.3 Å². The zero-order valence-corrected chi connectivity index (χ0v) is 19.8. The van der Waals surface area contributed by atoms with Crippen LogP contribution >= 0.6 is 11.3 Å². The Balaban J connectivity index is 1.23. The number of thiophene rings is 1. The maximum atomic E-state index is 6.02. The fourth-order valence-corrected chi connectivity index (χ4v) is 5.42. The lowest BCUT2D eigenvalue weighted by Crippen LogP contribution is -2.43. The molecule has 4 heterocycles. The minimum absolute atomic E-state index is 0.589. The summed E-state index contributed by atoms with van der Waals surface area (Å²) in [4.78, 5) is 19.0. The number of hydrogen-bond acceptors (Lipinski definition) is 9. The van der Waals surface area contributed by atoms with Crippen LogP contribution in [0.15, 0.2) is 48.7 Å². The number of nitrogens with zero attached hydrogens (tertiary/aromatic N) is 4. The number of piperazine rings is 1. The molecule has 0 spiro atoms.